The van der Waals surface area contributed by atoms with Gasteiger partial charge < -0.3 is 5.11 Å². The first-order valence-electron chi connectivity index (χ1n) is 7.00. The van der Waals surface area contributed by atoms with E-state index in [1.54, 1.807) is 12.1 Å². The highest BCUT2D eigenvalue weighted by Gasteiger charge is 2.20. The van der Waals surface area contributed by atoms with Crippen molar-refractivity contribution in [2.24, 2.45) is 5.41 Å². The Hall–Kier alpha value is -0.980. The van der Waals surface area contributed by atoms with Crippen LogP contribution in [0.2, 0.25) is 0 Å². The summed E-state index contributed by atoms with van der Waals surface area (Å²) in [5, 5.41) is 9.33. The molecule has 1 heteroatoms. The first-order valence-corrected chi connectivity index (χ1v) is 7.00. The van der Waals surface area contributed by atoms with Crippen molar-refractivity contribution in [1.82, 2.24) is 0 Å². The molecule has 0 aliphatic heterocycles. The molecule has 1 aromatic carbocycles. The molecule has 1 N–H and O–H groups in total. The predicted molar refractivity (Wildman–Crippen MR) is 79.1 cm³/mol. The van der Waals surface area contributed by atoms with Gasteiger partial charge in [0.25, 0.3) is 0 Å². The second-order valence-corrected chi connectivity index (χ2v) is 7.20. The summed E-state index contributed by atoms with van der Waals surface area (Å²) in [6.45, 7) is 11.5. The largest absolute Gasteiger partial charge is 0.508 e. The standard InChI is InChI=1S/C17H28O/c1-16(2,3)12-6-7-13-17(4,5)14-8-10-15(18)11-9-14/h8-11,18H,6-7,12-13H2,1-5H3. The number of aromatic hydroxyl groups is 1. The molecule has 0 bridgehead atoms. The molecule has 0 heterocycles. The number of unbranched alkanes of at least 4 members (excludes halogenated alkanes) is 1. The molecule has 0 saturated heterocycles. The minimum absolute atomic E-state index is 0.200. The summed E-state index contributed by atoms with van der Waals surface area (Å²) < 4.78 is 0. The van der Waals surface area contributed by atoms with Crippen molar-refractivity contribution in [2.45, 2.75) is 65.7 Å². The van der Waals surface area contributed by atoms with Crippen LogP contribution in [0.3, 0.4) is 0 Å². The van der Waals surface area contributed by atoms with Crippen molar-refractivity contribution in [1.29, 1.82) is 0 Å². The number of phenolic OH excluding ortho intramolecular Hbond substituents is 1. The van der Waals surface area contributed by atoms with Crippen LogP contribution >= 0.6 is 0 Å². The molecule has 18 heavy (non-hydrogen) atoms. The molecule has 1 nitrogen and oxygen atoms in total. The molecule has 0 aromatic heterocycles. The second kappa shape index (κ2) is 5.77. The van der Waals surface area contributed by atoms with Gasteiger partial charge in [0.05, 0.1) is 0 Å². The predicted octanol–water partition coefficient (Wildman–Crippen LogP) is 5.28. The summed E-state index contributed by atoms with van der Waals surface area (Å²) in [4.78, 5) is 0. The zero-order valence-corrected chi connectivity index (χ0v) is 12.6. The van der Waals surface area contributed by atoms with Gasteiger partial charge in [0, 0.05) is 0 Å². The topological polar surface area (TPSA) is 20.2 Å². The Kier molecular flexibility index (Phi) is 4.84. The molecule has 0 aliphatic carbocycles. The van der Waals surface area contributed by atoms with Gasteiger partial charge in [-0.2, -0.15) is 0 Å². The van der Waals surface area contributed by atoms with Gasteiger partial charge in [-0.3, -0.25) is 0 Å². The van der Waals surface area contributed by atoms with E-state index in [4.69, 9.17) is 0 Å². The molecule has 0 fully saturated rings. The normalized spacial score (nSPS) is 12.7. The Labute approximate surface area is 112 Å². The summed E-state index contributed by atoms with van der Waals surface area (Å²) in [5.74, 6) is 0.349. The van der Waals surface area contributed by atoms with E-state index in [1.165, 1.54) is 31.2 Å². The fourth-order valence-electron chi connectivity index (χ4n) is 2.28. The highest BCUT2D eigenvalue weighted by Crippen LogP contribution is 2.31. The number of rotatable bonds is 5. The van der Waals surface area contributed by atoms with Crippen LogP contribution in [0.4, 0.5) is 0 Å². The van der Waals surface area contributed by atoms with Crippen molar-refractivity contribution in [2.75, 3.05) is 0 Å². The lowest BCUT2D eigenvalue weighted by atomic mass is 9.79. The summed E-state index contributed by atoms with van der Waals surface area (Å²) in [6.07, 6.45) is 5.06. The third kappa shape index (κ3) is 5.12. The van der Waals surface area contributed by atoms with Crippen LogP contribution in [0.5, 0.6) is 5.75 Å². The van der Waals surface area contributed by atoms with Crippen LogP contribution in [-0.2, 0) is 5.41 Å². The molecule has 0 saturated carbocycles. The fourth-order valence-corrected chi connectivity index (χ4v) is 2.28. The maximum atomic E-state index is 9.33. The van der Waals surface area contributed by atoms with Crippen LogP contribution in [0.1, 0.15) is 65.9 Å². The van der Waals surface area contributed by atoms with Crippen LogP contribution in [0.25, 0.3) is 0 Å². The Morgan fingerprint density at radius 1 is 0.833 bits per heavy atom. The molecule has 1 rings (SSSR count). The van der Waals surface area contributed by atoms with E-state index in [0.29, 0.717) is 11.2 Å². The zero-order valence-electron chi connectivity index (χ0n) is 12.6. The summed E-state index contributed by atoms with van der Waals surface area (Å²) in [7, 11) is 0. The van der Waals surface area contributed by atoms with Crippen LogP contribution in [0.15, 0.2) is 24.3 Å². The van der Waals surface area contributed by atoms with E-state index in [9.17, 15) is 5.11 Å². The average Bonchev–Trinajstić information content (AvgIpc) is 2.24. The molecular formula is C17H28O. The number of hydrogen-bond donors (Lipinski definition) is 1. The molecule has 0 radical (unpaired) electrons. The SMILES string of the molecule is CC(C)(C)CCCCC(C)(C)c1ccc(O)cc1. The Morgan fingerprint density at radius 2 is 1.33 bits per heavy atom. The van der Waals surface area contributed by atoms with E-state index < -0.39 is 0 Å². The van der Waals surface area contributed by atoms with E-state index in [0.717, 1.165) is 0 Å². The van der Waals surface area contributed by atoms with Gasteiger partial charge in [0.1, 0.15) is 5.75 Å². The van der Waals surface area contributed by atoms with Crippen LogP contribution < -0.4 is 0 Å². The maximum absolute atomic E-state index is 9.33. The minimum Gasteiger partial charge on any atom is -0.508 e. The first kappa shape index (κ1) is 15.1. The highest BCUT2D eigenvalue weighted by atomic mass is 16.3. The average molecular weight is 248 g/mol. The van der Waals surface area contributed by atoms with Gasteiger partial charge in [0.2, 0.25) is 0 Å². The van der Waals surface area contributed by atoms with Crippen LogP contribution in [0, 0.1) is 5.41 Å². The molecular weight excluding hydrogens is 220 g/mol. The Bertz CT molecular complexity index is 354. The van der Waals surface area contributed by atoms with Gasteiger partial charge in [-0.15, -0.1) is 0 Å². The lowest BCUT2D eigenvalue weighted by Gasteiger charge is -2.26. The lowest BCUT2D eigenvalue weighted by molar-refractivity contribution is 0.343. The van der Waals surface area contributed by atoms with Crippen molar-refractivity contribution in [3.63, 3.8) is 0 Å². The molecule has 1 aromatic rings. The maximum Gasteiger partial charge on any atom is 0.115 e. The molecule has 102 valence electrons. The van der Waals surface area contributed by atoms with E-state index in [-0.39, 0.29) is 5.41 Å². The van der Waals surface area contributed by atoms with Crippen molar-refractivity contribution in [3.8, 4) is 5.75 Å². The fraction of sp³-hybridized carbons (Fsp3) is 0.647. The molecule has 0 amide bonds. The monoisotopic (exact) mass is 248 g/mol. The van der Waals surface area contributed by atoms with Crippen molar-refractivity contribution >= 4 is 0 Å². The second-order valence-electron chi connectivity index (χ2n) is 7.20. The van der Waals surface area contributed by atoms with Crippen LogP contribution in [-0.4, -0.2) is 5.11 Å². The van der Waals surface area contributed by atoms with Gasteiger partial charge in [-0.1, -0.05) is 59.6 Å². The van der Waals surface area contributed by atoms with Gasteiger partial charge in [-0.05, 0) is 41.4 Å². The number of hydrogen-bond acceptors (Lipinski definition) is 1. The Morgan fingerprint density at radius 3 is 1.83 bits per heavy atom. The molecule has 0 atom stereocenters. The van der Waals surface area contributed by atoms with Gasteiger partial charge in [0.15, 0.2) is 0 Å². The Balaban J connectivity index is 2.47. The highest BCUT2D eigenvalue weighted by molar-refractivity contribution is 5.30. The number of benzene rings is 1. The van der Waals surface area contributed by atoms with Gasteiger partial charge >= 0.3 is 0 Å². The zero-order chi connectivity index (χ0) is 13.8. The lowest BCUT2D eigenvalue weighted by Crippen LogP contribution is -2.17. The first-order chi connectivity index (χ1) is 8.21. The smallest absolute Gasteiger partial charge is 0.115 e. The third-order valence-electron chi connectivity index (χ3n) is 3.63. The minimum atomic E-state index is 0.200. The number of phenols is 1. The summed E-state index contributed by atoms with van der Waals surface area (Å²) in [5.41, 5.74) is 1.96. The third-order valence-corrected chi connectivity index (χ3v) is 3.63. The summed E-state index contributed by atoms with van der Waals surface area (Å²) in [6, 6.07) is 7.65. The molecule has 0 spiro atoms. The van der Waals surface area contributed by atoms with Crippen molar-refractivity contribution < 1.29 is 5.11 Å². The van der Waals surface area contributed by atoms with E-state index in [2.05, 4.69) is 34.6 Å². The van der Waals surface area contributed by atoms with Gasteiger partial charge in [-0.25, -0.2) is 0 Å². The van der Waals surface area contributed by atoms with E-state index in [1.807, 2.05) is 12.1 Å². The summed E-state index contributed by atoms with van der Waals surface area (Å²) >= 11 is 0. The molecule has 0 unspecified atom stereocenters. The van der Waals surface area contributed by atoms with E-state index >= 15 is 0 Å². The molecule has 0 aliphatic rings. The van der Waals surface area contributed by atoms with Crippen molar-refractivity contribution in [3.05, 3.63) is 29.8 Å². The quantitative estimate of drug-likeness (QED) is 0.703.